The molecule has 0 saturated heterocycles. The number of hydrogen-bond donors (Lipinski definition) is 2. The Morgan fingerprint density at radius 3 is 2.50 bits per heavy atom. The third kappa shape index (κ3) is 4.94. The van der Waals surface area contributed by atoms with Crippen LogP contribution in [-0.2, 0) is 4.79 Å². The Morgan fingerprint density at radius 1 is 1.39 bits per heavy atom. The van der Waals surface area contributed by atoms with E-state index in [1.165, 1.54) is 12.8 Å². The first-order valence-electron chi connectivity index (χ1n) is 7.22. The van der Waals surface area contributed by atoms with Crippen LogP contribution in [0.25, 0.3) is 0 Å². The van der Waals surface area contributed by atoms with Crippen molar-refractivity contribution >= 4 is 5.97 Å². The molecule has 1 saturated carbocycles. The lowest BCUT2D eigenvalue weighted by Crippen LogP contribution is -2.57. The van der Waals surface area contributed by atoms with Crippen LogP contribution in [0.2, 0.25) is 0 Å². The third-order valence-corrected chi connectivity index (χ3v) is 3.53. The second kappa shape index (κ2) is 7.10. The van der Waals surface area contributed by atoms with Crippen molar-refractivity contribution in [2.45, 2.75) is 52.0 Å². The van der Waals surface area contributed by atoms with E-state index >= 15 is 0 Å². The molecule has 0 aliphatic heterocycles. The van der Waals surface area contributed by atoms with Crippen molar-refractivity contribution in [2.75, 3.05) is 26.2 Å². The van der Waals surface area contributed by atoms with E-state index in [-0.39, 0.29) is 0 Å². The molecular weight excluding hydrogens is 228 g/mol. The Labute approximate surface area is 111 Å². The summed E-state index contributed by atoms with van der Waals surface area (Å²) >= 11 is 0. The van der Waals surface area contributed by atoms with Gasteiger partial charge >= 0.3 is 5.97 Å². The molecule has 4 nitrogen and oxygen atoms in total. The summed E-state index contributed by atoms with van der Waals surface area (Å²) in [4.78, 5) is 13.8. The maximum absolute atomic E-state index is 11.5. The monoisotopic (exact) mass is 256 g/mol. The van der Waals surface area contributed by atoms with E-state index < -0.39 is 11.5 Å². The van der Waals surface area contributed by atoms with E-state index in [9.17, 15) is 9.90 Å². The van der Waals surface area contributed by atoms with Gasteiger partial charge < -0.3 is 15.3 Å². The number of aliphatic carboxylic acids is 1. The topological polar surface area (TPSA) is 52.6 Å². The minimum absolute atomic E-state index is 0.604. The highest BCUT2D eigenvalue weighted by Gasteiger charge is 2.35. The predicted octanol–water partition coefficient (Wildman–Crippen LogP) is 1.95. The Balaban J connectivity index is 2.56. The molecule has 18 heavy (non-hydrogen) atoms. The Hall–Kier alpha value is -0.610. The molecule has 4 heteroatoms. The lowest BCUT2D eigenvalue weighted by Gasteiger charge is -2.33. The molecule has 1 fully saturated rings. The molecule has 0 aromatic heterocycles. The molecule has 1 aliphatic rings. The van der Waals surface area contributed by atoms with Crippen molar-refractivity contribution in [1.82, 2.24) is 10.2 Å². The number of rotatable bonds is 10. The van der Waals surface area contributed by atoms with Gasteiger partial charge in [0.1, 0.15) is 5.54 Å². The molecule has 0 aromatic rings. The molecule has 1 aliphatic carbocycles. The van der Waals surface area contributed by atoms with Crippen LogP contribution < -0.4 is 5.32 Å². The molecule has 0 aromatic carbocycles. The van der Waals surface area contributed by atoms with E-state index in [4.69, 9.17) is 0 Å². The number of carboxylic acid groups (broad SMARTS) is 1. The Kier molecular flexibility index (Phi) is 6.09. The predicted molar refractivity (Wildman–Crippen MR) is 73.8 cm³/mol. The highest BCUT2D eigenvalue weighted by Crippen LogP contribution is 2.30. The van der Waals surface area contributed by atoms with Gasteiger partial charge in [-0.05, 0) is 51.6 Å². The van der Waals surface area contributed by atoms with Gasteiger partial charge in [-0.3, -0.25) is 4.79 Å². The molecule has 1 rings (SSSR count). The van der Waals surface area contributed by atoms with Gasteiger partial charge in [0.15, 0.2) is 0 Å². The minimum Gasteiger partial charge on any atom is -0.480 e. The van der Waals surface area contributed by atoms with E-state index in [0.717, 1.165) is 38.4 Å². The van der Waals surface area contributed by atoms with Crippen molar-refractivity contribution < 1.29 is 9.90 Å². The first-order valence-corrected chi connectivity index (χ1v) is 7.22. The molecule has 1 atom stereocenters. The average molecular weight is 256 g/mol. The van der Waals surface area contributed by atoms with Crippen molar-refractivity contribution in [3.8, 4) is 0 Å². The van der Waals surface area contributed by atoms with Gasteiger partial charge in [0.25, 0.3) is 0 Å². The summed E-state index contributed by atoms with van der Waals surface area (Å²) in [6.07, 6.45) is 4.66. The smallest absolute Gasteiger partial charge is 0.324 e. The van der Waals surface area contributed by atoms with Crippen molar-refractivity contribution in [2.24, 2.45) is 5.92 Å². The SMILES string of the molecule is CCCNC(C)(CN(CCC)CC1CC1)C(=O)O. The number of carboxylic acids is 1. The summed E-state index contributed by atoms with van der Waals surface area (Å²) in [7, 11) is 0. The summed E-state index contributed by atoms with van der Waals surface area (Å²) in [5.74, 6) is 0.0635. The van der Waals surface area contributed by atoms with Crippen LogP contribution in [0, 0.1) is 5.92 Å². The average Bonchev–Trinajstić information content (AvgIpc) is 3.10. The summed E-state index contributed by atoms with van der Waals surface area (Å²) in [6.45, 7) is 9.43. The van der Waals surface area contributed by atoms with Crippen LogP contribution in [0.15, 0.2) is 0 Å². The maximum Gasteiger partial charge on any atom is 0.324 e. The van der Waals surface area contributed by atoms with Gasteiger partial charge in [-0.25, -0.2) is 0 Å². The molecular formula is C14H28N2O2. The van der Waals surface area contributed by atoms with Crippen LogP contribution in [0.4, 0.5) is 0 Å². The minimum atomic E-state index is -0.819. The van der Waals surface area contributed by atoms with Crippen molar-refractivity contribution in [3.63, 3.8) is 0 Å². The largest absolute Gasteiger partial charge is 0.480 e. The van der Waals surface area contributed by atoms with Crippen LogP contribution in [0.3, 0.4) is 0 Å². The van der Waals surface area contributed by atoms with E-state index in [1.54, 1.807) is 6.92 Å². The van der Waals surface area contributed by atoms with Crippen LogP contribution in [0.1, 0.15) is 46.5 Å². The summed E-state index contributed by atoms with van der Waals surface area (Å²) in [6, 6.07) is 0. The van der Waals surface area contributed by atoms with Gasteiger partial charge in [0.05, 0.1) is 0 Å². The Morgan fingerprint density at radius 2 is 2.06 bits per heavy atom. The highest BCUT2D eigenvalue weighted by molar-refractivity contribution is 5.78. The Bertz CT molecular complexity index is 267. The molecule has 0 spiro atoms. The fraction of sp³-hybridized carbons (Fsp3) is 0.929. The molecule has 1 unspecified atom stereocenters. The summed E-state index contributed by atoms with van der Waals surface area (Å²) in [5.41, 5.74) is -0.819. The van der Waals surface area contributed by atoms with Crippen LogP contribution in [0.5, 0.6) is 0 Å². The summed E-state index contributed by atoms with van der Waals surface area (Å²) < 4.78 is 0. The zero-order chi connectivity index (χ0) is 13.6. The van der Waals surface area contributed by atoms with Crippen LogP contribution in [-0.4, -0.2) is 47.7 Å². The third-order valence-electron chi connectivity index (χ3n) is 3.53. The first-order chi connectivity index (χ1) is 8.51. The first kappa shape index (κ1) is 15.4. The van der Waals surface area contributed by atoms with Gasteiger partial charge in [-0.2, -0.15) is 0 Å². The molecule has 0 radical (unpaired) electrons. The van der Waals surface area contributed by atoms with Gasteiger partial charge in [-0.1, -0.05) is 13.8 Å². The second-order valence-corrected chi connectivity index (χ2v) is 5.74. The van der Waals surface area contributed by atoms with Gasteiger partial charge in [-0.15, -0.1) is 0 Å². The number of carbonyl (C=O) groups is 1. The van der Waals surface area contributed by atoms with E-state index in [2.05, 4.69) is 24.1 Å². The van der Waals surface area contributed by atoms with E-state index in [1.807, 2.05) is 0 Å². The van der Waals surface area contributed by atoms with Gasteiger partial charge in [0.2, 0.25) is 0 Å². The number of hydrogen-bond acceptors (Lipinski definition) is 3. The highest BCUT2D eigenvalue weighted by atomic mass is 16.4. The fourth-order valence-electron chi connectivity index (χ4n) is 2.26. The molecule has 106 valence electrons. The molecule has 0 bridgehead atoms. The normalized spacial score (nSPS) is 18.9. The lowest BCUT2D eigenvalue weighted by molar-refractivity contribution is -0.145. The summed E-state index contributed by atoms with van der Waals surface area (Å²) in [5, 5.41) is 12.6. The quantitative estimate of drug-likeness (QED) is 0.627. The second-order valence-electron chi connectivity index (χ2n) is 5.74. The van der Waals surface area contributed by atoms with Crippen LogP contribution >= 0.6 is 0 Å². The molecule has 2 N–H and O–H groups in total. The fourth-order valence-corrected chi connectivity index (χ4v) is 2.26. The maximum atomic E-state index is 11.5. The zero-order valence-electron chi connectivity index (χ0n) is 12.0. The number of nitrogens with one attached hydrogen (secondary N) is 1. The molecule has 0 amide bonds. The van der Waals surface area contributed by atoms with Gasteiger partial charge in [0, 0.05) is 13.1 Å². The number of nitrogens with zero attached hydrogens (tertiary/aromatic N) is 1. The van der Waals surface area contributed by atoms with Crippen molar-refractivity contribution in [3.05, 3.63) is 0 Å². The lowest BCUT2D eigenvalue weighted by atomic mass is 10.0. The standard InChI is InChI=1S/C14H28N2O2/c1-4-8-15-14(3,13(17)18)11-16(9-5-2)10-12-6-7-12/h12,15H,4-11H2,1-3H3,(H,17,18). The van der Waals surface area contributed by atoms with Crippen molar-refractivity contribution in [1.29, 1.82) is 0 Å². The molecule has 0 heterocycles. The van der Waals surface area contributed by atoms with E-state index in [0.29, 0.717) is 6.54 Å². The zero-order valence-corrected chi connectivity index (χ0v) is 12.0.